The Kier molecular flexibility index (Phi) is 31.1. The lowest BCUT2D eigenvalue weighted by Crippen LogP contribution is -2.33. The highest BCUT2D eigenvalue weighted by molar-refractivity contribution is 6.12. The van der Waals surface area contributed by atoms with E-state index in [0.717, 1.165) is 10.6 Å². The molecular weight excluding hydrogens is 686 g/mol. The van der Waals surface area contributed by atoms with Gasteiger partial charge in [0.25, 0.3) is 11.8 Å². The third-order valence-electron chi connectivity index (χ3n) is 6.69. The van der Waals surface area contributed by atoms with Crippen molar-refractivity contribution in [2.45, 2.75) is 0 Å². The molecule has 0 N–H and O–H groups in total. The molecule has 0 fully saturated rings. The van der Waals surface area contributed by atoms with Crippen LogP contribution < -0.4 is 4.74 Å². The Morgan fingerprint density at radius 1 is 0.327 bits per heavy atom. The number of imide groups is 1. The Hall–Kier alpha value is -2.58. The fourth-order valence-corrected chi connectivity index (χ4v) is 4.06. The molecule has 52 heavy (non-hydrogen) atoms. The lowest BCUT2D eigenvalue weighted by molar-refractivity contribution is -0.137. The smallest absolute Gasteiger partial charge is 0.253 e. The summed E-state index contributed by atoms with van der Waals surface area (Å²) >= 11 is 0. The Labute approximate surface area is 307 Å². The van der Waals surface area contributed by atoms with Gasteiger partial charge < -0.3 is 61.6 Å². The molecular formula is C36H59NO15. The first-order valence-corrected chi connectivity index (χ1v) is 17.9. The van der Waals surface area contributed by atoms with E-state index in [-0.39, 0.29) is 25.0 Å². The summed E-state index contributed by atoms with van der Waals surface area (Å²) in [7, 11) is 0. The maximum Gasteiger partial charge on any atom is 0.253 e. The van der Waals surface area contributed by atoms with Crippen LogP contribution in [0.15, 0.2) is 42.5 Å². The van der Waals surface area contributed by atoms with Crippen LogP contribution >= 0.6 is 0 Å². The molecule has 1 aromatic rings. The van der Waals surface area contributed by atoms with Crippen molar-refractivity contribution in [1.82, 2.24) is 4.90 Å². The first kappa shape index (κ1) is 45.6. The molecule has 16 heteroatoms. The van der Waals surface area contributed by atoms with E-state index in [4.69, 9.17) is 61.6 Å². The summed E-state index contributed by atoms with van der Waals surface area (Å²) in [4.78, 5) is 24.0. The summed E-state index contributed by atoms with van der Waals surface area (Å²) in [5.74, 6) is 0.222. The molecule has 1 aliphatic rings. The third kappa shape index (κ3) is 28.0. The van der Waals surface area contributed by atoms with E-state index in [1.165, 1.54) is 12.2 Å². The zero-order chi connectivity index (χ0) is 36.8. The Bertz CT molecular complexity index is 970. The minimum Gasteiger partial charge on any atom is -0.491 e. The fraction of sp³-hybridized carbons (Fsp3) is 0.722. The van der Waals surface area contributed by atoms with Gasteiger partial charge in [-0.15, -0.1) is 0 Å². The molecule has 0 unspecified atom stereocenters. The zero-order valence-corrected chi connectivity index (χ0v) is 30.5. The number of carbonyl (C=O) groups excluding carboxylic acids is 2. The third-order valence-corrected chi connectivity index (χ3v) is 6.69. The maximum absolute atomic E-state index is 11.4. The molecule has 0 atom stereocenters. The summed E-state index contributed by atoms with van der Waals surface area (Å²) < 4.78 is 71.1. The van der Waals surface area contributed by atoms with Gasteiger partial charge in [0.15, 0.2) is 0 Å². The van der Waals surface area contributed by atoms with Crippen LogP contribution in [0, 0.1) is 0 Å². The van der Waals surface area contributed by atoms with E-state index in [0.29, 0.717) is 159 Å². The standard InChI is InChI=1S/C36H59NO15/c38-35-6-7-36(39)37(35)8-9-40-10-11-41-12-13-42-14-15-43-16-17-44-18-19-45-20-21-46-22-23-47-24-25-48-26-27-49-28-29-50-30-31-51-32-33-52-34-4-2-1-3-5-34/h1-7H,8-33H2. The number of para-hydroxylation sites is 1. The van der Waals surface area contributed by atoms with Crippen molar-refractivity contribution in [3.63, 3.8) is 0 Å². The van der Waals surface area contributed by atoms with Crippen molar-refractivity contribution in [3.05, 3.63) is 42.5 Å². The van der Waals surface area contributed by atoms with Crippen LogP contribution in [0.5, 0.6) is 5.75 Å². The number of ether oxygens (including phenoxy) is 13. The van der Waals surface area contributed by atoms with Gasteiger partial charge in [-0.2, -0.15) is 0 Å². The van der Waals surface area contributed by atoms with Gasteiger partial charge in [-0.1, -0.05) is 18.2 Å². The molecule has 298 valence electrons. The number of rotatable bonds is 40. The molecule has 1 heterocycles. The summed E-state index contributed by atoms with van der Waals surface area (Å²) in [5.41, 5.74) is 0. The predicted octanol–water partition coefficient (Wildman–Crippen LogP) is 1.19. The molecule has 0 bridgehead atoms. The van der Waals surface area contributed by atoms with Gasteiger partial charge >= 0.3 is 0 Å². The van der Waals surface area contributed by atoms with Crippen molar-refractivity contribution in [1.29, 1.82) is 0 Å². The van der Waals surface area contributed by atoms with E-state index in [2.05, 4.69) is 0 Å². The van der Waals surface area contributed by atoms with Gasteiger partial charge in [0, 0.05) is 12.2 Å². The monoisotopic (exact) mass is 745 g/mol. The molecule has 1 aromatic carbocycles. The fourth-order valence-electron chi connectivity index (χ4n) is 4.06. The van der Waals surface area contributed by atoms with Gasteiger partial charge in [-0.05, 0) is 12.1 Å². The summed E-state index contributed by atoms with van der Waals surface area (Å²) in [5, 5.41) is 0. The SMILES string of the molecule is O=C1C=CC(=O)N1CCOCCOCCOCCOCCOCCOCCOCCOCCOCCOCCOCCOCCOc1ccccc1. The van der Waals surface area contributed by atoms with Crippen molar-refractivity contribution in [3.8, 4) is 5.75 Å². The van der Waals surface area contributed by atoms with E-state index in [9.17, 15) is 9.59 Å². The highest BCUT2D eigenvalue weighted by atomic mass is 16.6. The van der Waals surface area contributed by atoms with Gasteiger partial charge in [-0.25, -0.2) is 0 Å². The number of hydrogen-bond acceptors (Lipinski definition) is 15. The molecule has 0 saturated heterocycles. The lowest BCUT2D eigenvalue weighted by Gasteiger charge is -2.13. The average molecular weight is 746 g/mol. The number of benzene rings is 1. The van der Waals surface area contributed by atoms with Crippen molar-refractivity contribution < 1.29 is 71.2 Å². The Morgan fingerprint density at radius 3 is 0.865 bits per heavy atom. The van der Waals surface area contributed by atoms with Crippen molar-refractivity contribution in [2.75, 3.05) is 172 Å². The highest BCUT2D eigenvalue weighted by Crippen LogP contribution is 2.07. The average Bonchev–Trinajstić information content (AvgIpc) is 3.48. The summed E-state index contributed by atoms with van der Waals surface area (Å²) in [6.07, 6.45) is 2.51. The number of amides is 2. The van der Waals surface area contributed by atoms with Crippen molar-refractivity contribution in [2.24, 2.45) is 0 Å². The Balaban J connectivity index is 1.12. The van der Waals surface area contributed by atoms with Crippen LogP contribution in [0.4, 0.5) is 0 Å². The number of carbonyl (C=O) groups is 2. The molecule has 0 radical (unpaired) electrons. The Morgan fingerprint density at radius 2 is 0.577 bits per heavy atom. The second-order valence-electron chi connectivity index (χ2n) is 10.7. The van der Waals surface area contributed by atoms with Crippen molar-refractivity contribution >= 4 is 11.8 Å². The van der Waals surface area contributed by atoms with Gasteiger partial charge in [-0.3, -0.25) is 14.5 Å². The molecule has 16 nitrogen and oxygen atoms in total. The van der Waals surface area contributed by atoms with Crippen LogP contribution in [-0.4, -0.2) is 188 Å². The quantitative estimate of drug-likeness (QED) is 0.0697. The second kappa shape index (κ2) is 35.4. The van der Waals surface area contributed by atoms with Crippen LogP contribution in [0.1, 0.15) is 0 Å². The molecule has 2 rings (SSSR count). The topological polar surface area (TPSA) is 157 Å². The normalized spacial score (nSPS) is 12.8. The minimum atomic E-state index is -0.308. The molecule has 0 spiro atoms. The zero-order valence-electron chi connectivity index (χ0n) is 30.5. The van der Waals surface area contributed by atoms with Crippen LogP contribution in [0.2, 0.25) is 0 Å². The number of nitrogens with zero attached hydrogens (tertiary/aromatic N) is 1. The molecule has 0 saturated carbocycles. The summed E-state index contributed by atoms with van der Waals surface area (Å²) in [6.45, 7) is 12.1. The van der Waals surface area contributed by atoms with E-state index in [1.807, 2.05) is 30.3 Å². The highest BCUT2D eigenvalue weighted by Gasteiger charge is 2.22. The minimum absolute atomic E-state index is 0.237. The predicted molar refractivity (Wildman–Crippen MR) is 188 cm³/mol. The van der Waals surface area contributed by atoms with Crippen LogP contribution in [-0.2, 0) is 66.4 Å². The largest absolute Gasteiger partial charge is 0.491 e. The second-order valence-corrected chi connectivity index (χ2v) is 10.7. The lowest BCUT2D eigenvalue weighted by atomic mass is 10.3. The van der Waals surface area contributed by atoms with E-state index < -0.39 is 0 Å². The van der Waals surface area contributed by atoms with E-state index in [1.54, 1.807) is 0 Å². The van der Waals surface area contributed by atoms with Crippen LogP contribution in [0.3, 0.4) is 0 Å². The van der Waals surface area contributed by atoms with Gasteiger partial charge in [0.1, 0.15) is 12.4 Å². The molecule has 2 amide bonds. The van der Waals surface area contributed by atoms with Crippen LogP contribution in [0.25, 0.3) is 0 Å². The first-order valence-electron chi connectivity index (χ1n) is 17.9. The van der Waals surface area contributed by atoms with Gasteiger partial charge in [0.05, 0.1) is 165 Å². The maximum atomic E-state index is 11.4. The summed E-state index contributed by atoms with van der Waals surface area (Å²) in [6, 6.07) is 9.65. The first-order chi connectivity index (χ1) is 25.8. The molecule has 0 aromatic heterocycles. The number of hydrogen-bond donors (Lipinski definition) is 0. The van der Waals surface area contributed by atoms with Gasteiger partial charge in [0.2, 0.25) is 0 Å². The molecule has 1 aliphatic heterocycles. The van der Waals surface area contributed by atoms with E-state index >= 15 is 0 Å². The molecule has 0 aliphatic carbocycles.